The van der Waals surface area contributed by atoms with Gasteiger partial charge in [-0.1, -0.05) is 0 Å². The van der Waals surface area contributed by atoms with Crippen LogP contribution >= 0.6 is 0 Å². The summed E-state index contributed by atoms with van der Waals surface area (Å²) in [5, 5.41) is 9.36. The van der Waals surface area contributed by atoms with Gasteiger partial charge in [-0.2, -0.15) is 0 Å². The molecule has 0 unspecified atom stereocenters. The molecule has 1 aromatic carbocycles. The van der Waals surface area contributed by atoms with Crippen molar-refractivity contribution in [1.82, 2.24) is 4.90 Å². The van der Waals surface area contributed by atoms with Gasteiger partial charge < -0.3 is 14.7 Å². The third-order valence-corrected chi connectivity index (χ3v) is 4.87. The van der Waals surface area contributed by atoms with Crippen molar-refractivity contribution in [3.05, 3.63) is 24.3 Å². The molecule has 23 heavy (non-hydrogen) atoms. The molecule has 1 saturated heterocycles. The number of methoxy groups -OCH3 is 1. The van der Waals surface area contributed by atoms with Crippen molar-refractivity contribution >= 4 is 17.7 Å². The van der Waals surface area contributed by atoms with E-state index >= 15 is 0 Å². The normalized spacial score (nSPS) is 24.8. The summed E-state index contributed by atoms with van der Waals surface area (Å²) < 4.78 is 4.81. The molecule has 1 saturated carbocycles. The highest BCUT2D eigenvalue weighted by Gasteiger charge is 2.37. The number of phenols is 1. The number of nitrogens with zero attached hydrogens (tertiary/aromatic N) is 2. The van der Waals surface area contributed by atoms with Crippen LogP contribution in [0.4, 0.5) is 10.5 Å². The molecular formula is C17H22N2O4. The standard InChI is InChI=1S/C17H22N2O4/c1-23-16(21)12-2-4-13(5-3-12)18-10-11-19(17(18)22)14-6-8-15(20)9-7-14/h6-9,12-13,20H,2-5,10-11H2,1H3. The van der Waals surface area contributed by atoms with E-state index in [4.69, 9.17) is 4.74 Å². The monoisotopic (exact) mass is 318 g/mol. The Labute approximate surface area is 135 Å². The molecule has 1 aliphatic carbocycles. The number of hydrogen-bond donors (Lipinski definition) is 1. The summed E-state index contributed by atoms with van der Waals surface area (Å²) in [5.41, 5.74) is 0.804. The molecule has 1 N–H and O–H groups in total. The van der Waals surface area contributed by atoms with Crippen LogP contribution < -0.4 is 4.90 Å². The predicted molar refractivity (Wildman–Crippen MR) is 85.3 cm³/mol. The molecule has 0 atom stereocenters. The van der Waals surface area contributed by atoms with Crippen LogP contribution in [0.2, 0.25) is 0 Å². The number of urea groups is 1. The van der Waals surface area contributed by atoms with Gasteiger partial charge in [-0.15, -0.1) is 0 Å². The van der Waals surface area contributed by atoms with Crippen molar-refractivity contribution in [2.24, 2.45) is 5.92 Å². The van der Waals surface area contributed by atoms with Crippen molar-refractivity contribution in [1.29, 1.82) is 0 Å². The maximum Gasteiger partial charge on any atom is 0.324 e. The second-order valence-corrected chi connectivity index (χ2v) is 6.17. The topological polar surface area (TPSA) is 70.1 Å². The second kappa shape index (κ2) is 6.48. The third-order valence-electron chi connectivity index (χ3n) is 4.87. The number of carbonyl (C=O) groups excluding carboxylic acids is 2. The molecule has 6 heteroatoms. The van der Waals surface area contributed by atoms with Gasteiger partial charge in [0, 0.05) is 24.8 Å². The second-order valence-electron chi connectivity index (χ2n) is 6.17. The molecule has 2 aliphatic rings. The highest BCUT2D eigenvalue weighted by molar-refractivity contribution is 5.94. The van der Waals surface area contributed by atoms with Gasteiger partial charge >= 0.3 is 12.0 Å². The highest BCUT2D eigenvalue weighted by Crippen LogP contribution is 2.31. The third kappa shape index (κ3) is 3.11. The van der Waals surface area contributed by atoms with E-state index in [2.05, 4.69) is 0 Å². The van der Waals surface area contributed by atoms with Gasteiger partial charge in [0.05, 0.1) is 13.0 Å². The van der Waals surface area contributed by atoms with Crippen LogP contribution in [0.15, 0.2) is 24.3 Å². The molecule has 0 aromatic heterocycles. The van der Waals surface area contributed by atoms with Crippen LogP contribution in [-0.2, 0) is 9.53 Å². The van der Waals surface area contributed by atoms with Crippen LogP contribution in [0.5, 0.6) is 5.75 Å². The number of amides is 2. The molecule has 0 radical (unpaired) electrons. The number of aromatic hydroxyl groups is 1. The minimum Gasteiger partial charge on any atom is -0.508 e. The van der Waals surface area contributed by atoms with Crippen LogP contribution in [0.3, 0.4) is 0 Å². The number of ether oxygens (including phenoxy) is 1. The van der Waals surface area contributed by atoms with Gasteiger partial charge in [-0.3, -0.25) is 9.69 Å². The van der Waals surface area contributed by atoms with Crippen molar-refractivity contribution in [3.63, 3.8) is 0 Å². The van der Waals surface area contributed by atoms with Crippen molar-refractivity contribution in [2.45, 2.75) is 31.7 Å². The first kappa shape index (κ1) is 15.6. The highest BCUT2D eigenvalue weighted by atomic mass is 16.5. The lowest BCUT2D eigenvalue weighted by molar-refractivity contribution is -0.146. The average molecular weight is 318 g/mol. The van der Waals surface area contributed by atoms with Gasteiger partial charge in [0.1, 0.15) is 5.75 Å². The zero-order valence-electron chi connectivity index (χ0n) is 13.3. The van der Waals surface area contributed by atoms with Crippen molar-refractivity contribution < 1.29 is 19.4 Å². The van der Waals surface area contributed by atoms with E-state index in [1.807, 2.05) is 4.90 Å². The minimum atomic E-state index is -0.137. The fraction of sp³-hybridized carbons (Fsp3) is 0.529. The molecule has 0 bridgehead atoms. The molecule has 1 heterocycles. The number of hydrogen-bond acceptors (Lipinski definition) is 4. The van der Waals surface area contributed by atoms with E-state index in [0.717, 1.165) is 31.4 Å². The Kier molecular flexibility index (Phi) is 4.41. The summed E-state index contributed by atoms with van der Waals surface area (Å²) in [6, 6.07) is 6.90. The fourth-order valence-corrected chi connectivity index (χ4v) is 3.55. The molecule has 2 fully saturated rings. The SMILES string of the molecule is COC(=O)C1CCC(N2CCN(c3ccc(O)cc3)C2=O)CC1. The summed E-state index contributed by atoms with van der Waals surface area (Å²) in [6.45, 7) is 1.35. The minimum absolute atomic E-state index is 0.0113. The summed E-state index contributed by atoms with van der Waals surface area (Å²) in [5.74, 6) is 0.0301. The fourth-order valence-electron chi connectivity index (χ4n) is 3.55. The van der Waals surface area contributed by atoms with Gasteiger partial charge in [0.15, 0.2) is 0 Å². The van der Waals surface area contributed by atoms with E-state index in [-0.39, 0.29) is 29.7 Å². The van der Waals surface area contributed by atoms with Gasteiger partial charge in [0.25, 0.3) is 0 Å². The van der Waals surface area contributed by atoms with E-state index in [9.17, 15) is 14.7 Å². The predicted octanol–water partition coefficient (Wildman–Crippen LogP) is 2.37. The Bertz CT molecular complexity index is 579. The van der Waals surface area contributed by atoms with Crippen molar-refractivity contribution in [3.8, 4) is 5.75 Å². The quantitative estimate of drug-likeness (QED) is 0.869. The largest absolute Gasteiger partial charge is 0.508 e. The van der Waals surface area contributed by atoms with Crippen molar-refractivity contribution in [2.75, 3.05) is 25.1 Å². The lowest BCUT2D eigenvalue weighted by atomic mass is 9.85. The Morgan fingerprint density at radius 1 is 1.13 bits per heavy atom. The van der Waals surface area contributed by atoms with Gasteiger partial charge in [-0.05, 0) is 49.9 Å². The summed E-state index contributed by atoms with van der Waals surface area (Å²) in [4.78, 5) is 27.9. The Balaban J connectivity index is 1.61. The van der Waals surface area contributed by atoms with E-state index in [0.29, 0.717) is 13.1 Å². The van der Waals surface area contributed by atoms with Crippen LogP contribution in [0, 0.1) is 5.92 Å². The zero-order chi connectivity index (χ0) is 16.4. The van der Waals surface area contributed by atoms with Crippen LogP contribution in [-0.4, -0.2) is 48.2 Å². The van der Waals surface area contributed by atoms with E-state index in [1.165, 1.54) is 7.11 Å². The number of rotatable bonds is 3. The van der Waals surface area contributed by atoms with E-state index in [1.54, 1.807) is 29.2 Å². The number of phenolic OH excluding ortho intramolecular Hbond substituents is 1. The number of esters is 1. The molecule has 6 nitrogen and oxygen atoms in total. The Morgan fingerprint density at radius 2 is 1.78 bits per heavy atom. The molecule has 2 amide bonds. The van der Waals surface area contributed by atoms with E-state index < -0.39 is 0 Å². The molecule has 3 rings (SSSR count). The zero-order valence-corrected chi connectivity index (χ0v) is 13.3. The summed E-state index contributed by atoms with van der Waals surface area (Å²) >= 11 is 0. The number of anilines is 1. The van der Waals surface area contributed by atoms with Crippen LogP contribution in [0.1, 0.15) is 25.7 Å². The number of carbonyl (C=O) groups is 2. The van der Waals surface area contributed by atoms with Crippen LogP contribution in [0.25, 0.3) is 0 Å². The molecule has 0 spiro atoms. The maximum absolute atomic E-state index is 12.7. The average Bonchev–Trinajstić information content (AvgIpc) is 2.96. The smallest absolute Gasteiger partial charge is 0.324 e. The number of benzene rings is 1. The maximum atomic E-state index is 12.7. The Morgan fingerprint density at radius 3 is 2.39 bits per heavy atom. The van der Waals surface area contributed by atoms with Gasteiger partial charge in [0.2, 0.25) is 0 Å². The first-order valence-corrected chi connectivity index (χ1v) is 8.05. The molecule has 1 aromatic rings. The first-order valence-electron chi connectivity index (χ1n) is 8.05. The summed E-state index contributed by atoms with van der Waals surface area (Å²) in [6.07, 6.45) is 3.24. The summed E-state index contributed by atoms with van der Waals surface area (Å²) in [7, 11) is 1.42. The van der Waals surface area contributed by atoms with Gasteiger partial charge in [-0.25, -0.2) is 4.79 Å². The molecule has 124 valence electrons. The first-order chi connectivity index (χ1) is 11.1. The lowest BCUT2D eigenvalue weighted by Crippen LogP contribution is -2.42. The Hall–Kier alpha value is -2.24. The molecule has 1 aliphatic heterocycles. The molecular weight excluding hydrogens is 296 g/mol. The lowest BCUT2D eigenvalue weighted by Gasteiger charge is -2.33.